The first-order valence-corrected chi connectivity index (χ1v) is 5.11. The van der Waals surface area contributed by atoms with Crippen molar-refractivity contribution >= 4 is 0 Å². The van der Waals surface area contributed by atoms with Gasteiger partial charge in [0.1, 0.15) is 5.83 Å². The van der Waals surface area contributed by atoms with E-state index in [-0.39, 0.29) is 5.83 Å². The smallest absolute Gasteiger partial charge is 0.122 e. The molecule has 1 aliphatic rings. The van der Waals surface area contributed by atoms with E-state index in [0.29, 0.717) is 11.8 Å². The fourth-order valence-corrected chi connectivity index (χ4v) is 1.75. The van der Waals surface area contributed by atoms with Crippen molar-refractivity contribution in [3.63, 3.8) is 0 Å². The summed E-state index contributed by atoms with van der Waals surface area (Å²) in [5.41, 5.74) is 2.24. The Morgan fingerprint density at radius 2 is 1.69 bits per heavy atom. The standard InChI is InChI=1S/C12H19F/c1-8(2)10-5-6-11(9(3)4)12(13)7-10/h7-9H,5-6H2,1-4H3. The second kappa shape index (κ2) is 4.08. The molecule has 0 nitrogen and oxygen atoms in total. The van der Waals surface area contributed by atoms with E-state index in [0.717, 1.165) is 18.4 Å². The summed E-state index contributed by atoms with van der Waals surface area (Å²) in [6.45, 7) is 8.37. The highest BCUT2D eigenvalue weighted by Gasteiger charge is 2.17. The fraction of sp³-hybridized carbons (Fsp3) is 0.667. The molecule has 0 N–H and O–H groups in total. The topological polar surface area (TPSA) is 0 Å². The molecule has 74 valence electrons. The van der Waals surface area contributed by atoms with E-state index < -0.39 is 0 Å². The second-order valence-corrected chi connectivity index (χ2v) is 4.40. The Morgan fingerprint density at radius 1 is 1.08 bits per heavy atom. The molecule has 0 amide bonds. The van der Waals surface area contributed by atoms with Crippen molar-refractivity contribution in [2.45, 2.75) is 40.5 Å². The lowest BCUT2D eigenvalue weighted by Gasteiger charge is -2.20. The van der Waals surface area contributed by atoms with Crippen molar-refractivity contribution in [1.82, 2.24) is 0 Å². The fourth-order valence-electron chi connectivity index (χ4n) is 1.75. The predicted octanol–water partition coefficient (Wildman–Crippen LogP) is 4.24. The lowest BCUT2D eigenvalue weighted by atomic mass is 9.86. The van der Waals surface area contributed by atoms with Gasteiger partial charge in [-0.25, -0.2) is 4.39 Å². The summed E-state index contributed by atoms with van der Waals surface area (Å²) in [4.78, 5) is 0. The van der Waals surface area contributed by atoms with Gasteiger partial charge in [-0.2, -0.15) is 0 Å². The first-order valence-electron chi connectivity index (χ1n) is 5.11. The van der Waals surface area contributed by atoms with Gasteiger partial charge < -0.3 is 0 Å². The van der Waals surface area contributed by atoms with Gasteiger partial charge in [-0.05, 0) is 36.3 Å². The summed E-state index contributed by atoms with van der Waals surface area (Å²) in [7, 11) is 0. The van der Waals surface area contributed by atoms with Crippen molar-refractivity contribution in [3.8, 4) is 0 Å². The van der Waals surface area contributed by atoms with Gasteiger partial charge in [-0.1, -0.05) is 33.3 Å². The molecule has 1 rings (SSSR count). The summed E-state index contributed by atoms with van der Waals surface area (Å²) in [6.07, 6.45) is 3.69. The maximum Gasteiger partial charge on any atom is 0.122 e. The van der Waals surface area contributed by atoms with Gasteiger partial charge in [0, 0.05) is 0 Å². The van der Waals surface area contributed by atoms with E-state index in [4.69, 9.17) is 0 Å². The van der Waals surface area contributed by atoms with Crippen LogP contribution in [-0.2, 0) is 0 Å². The van der Waals surface area contributed by atoms with Crippen LogP contribution in [0.4, 0.5) is 4.39 Å². The van der Waals surface area contributed by atoms with Crippen molar-refractivity contribution < 1.29 is 4.39 Å². The van der Waals surface area contributed by atoms with Crippen LogP contribution in [0.3, 0.4) is 0 Å². The minimum atomic E-state index is 0.0185. The molecule has 0 spiro atoms. The van der Waals surface area contributed by atoms with E-state index in [1.54, 1.807) is 6.08 Å². The third-order valence-electron chi connectivity index (χ3n) is 2.74. The number of hydrogen-bond donors (Lipinski definition) is 0. The summed E-state index contributed by atoms with van der Waals surface area (Å²) in [5.74, 6) is 0.856. The van der Waals surface area contributed by atoms with Crippen molar-refractivity contribution in [2.24, 2.45) is 11.8 Å². The Kier molecular flexibility index (Phi) is 3.29. The molecule has 1 aliphatic carbocycles. The Bertz CT molecular complexity index is 244. The van der Waals surface area contributed by atoms with Crippen LogP contribution >= 0.6 is 0 Å². The molecule has 0 heterocycles. The molecule has 0 bridgehead atoms. The molecule has 0 aromatic rings. The average Bonchev–Trinajstić information content (AvgIpc) is 2.03. The van der Waals surface area contributed by atoms with Gasteiger partial charge in [0.15, 0.2) is 0 Å². The second-order valence-electron chi connectivity index (χ2n) is 4.40. The molecular formula is C12H19F. The minimum absolute atomic E-state index is 0.0185. The maximum atomic E-state index is 13.5. The summed E-state index contributed by atoms with van der Waals surface area (Å²) < 4.78 is 13.5. The van der Waals surface area contributed by atoms with Crippen LogP contribution in [0.1, 0.15) is 40.5 Å². The van der Waals surface area contributed by atoms with E-state index in [1.807, 2.05) is 0 Å². The van der Waals surface area contributed by atoms with Crippen LogP contribution in [0, 0.1) is 11.8 Å². The molecule has 0 saturated heterocycles. The minimum Gasteiger partial charge on any atom is -0.207 e. The first kappa shape index (κ1) is 10.5. The number of halogens is 1. The monoisotopic (exact) mass is 182 g/mol. The van der Waals surface area contributed by atoms with E-state index >= 15 is 0 Å². The molecule has 0 unspecified atom stereocenters. The van der Waals surface area contributed by atoms with Gasteiger partial charge >= 0.3 is 0 Å². The van der Waals surface area contributed by atoms with E-state index in [9.17, 15) is 4.39 Å². The molecule has 0 aromatic carbocycles. The largest absolute Gasteiger partial charge is 0.207 e. The van der Waals surface area contributed by atoms with Crippen LogP contribution in [0.2, 0.25) is 0 Å². The number of allylic oxidation sites excluding steroid dienone is 4. The molecular weight excluding hydrogens is 163 g/mol. The molecule has 0 atom stereocenters. The SMILES string of the molecule is CC(C)C1=CC(F)=C(C(C)C)CC1. The number of rotatable bonds is 2. The molecule has 0 saturated carbocycles. The zero-order valence-corrected chi connectivity index (χ0v) is 9.02. The highest BCUT2D eigenvalue weighted by molar-refractivity contribution is 5.30. The van der Waals surface area contributed by atoms with Gasteiger partial charge in [0.05, 0.1) is 0 Å². The van der Waals surface area contributed by atoms with E-state index in [2.05, 4.69) is 27.7 Å². The summed E-state index contributed by atoms with van der Waals surface area (Å²) in [6, 6.07) is 0. The molecule has 0 aliphatic heterocycles. The average molecular weight is 182 g/mol. The Balaban J connectivity index is 2.87. The lowest BCUT2D eigenvalue weighted by molar-refractivity contribution is 0.564. The van der Waals surface area contributed by atoms with Gasteiger partial charge in [0.25, 0.3) is 0 Å². The molecule has 0 fully saturated rings. The zero-order valence-electron chi connectivity index (χ0n) is 9.02. The Morgan fingerprint density at radius 3 is 2.08 bits per heavy atom. The third-order valence-corrected chi connectivity index (χ3v) is 2.74. The number of hydrogen-bond acceptors (Lipinski definition) is 0. The van der Waals surface area contributed by atoms with Crippen molar-refractivity contribution in [2.75, 3.05) is 0 Å². The third kappa shape index (κ3) is 2.43. The molecule has 1 heteroatoms. The zero-order chi connectivity index (χ0) is 10.0. The summed E-state index contributed by atoms with van der Waals surface area (Å²) >= 11 is 0. The van der Waals surface area contributed by atoms with Gasteiger partial charge in [-0.3, -0.25) is 0 Å². The normalized spacial score (nSPS) is 18.5. The lowest BCUT2D eigenvalue weighted by Crippen LogP contribution is -2.05. The predicted molar refractivity (Wildman–Crippen MR) is 55.1 cm³/mol. The van der Waals surface area contributed by atoms with Crippen molar-refractivity contribution in [1.29, 1.82) is 0 Å². The van der Waals surface area contributed by atoms with Gasteiger partial charge in [0.2, 0.25) is 0 Å². The van der Waals surface area contributed by atoms with Crippen LogP contribution in [0.25, 0.3) is 0 Å². The van der Waals surface area contributed by atoms with E-state index in [1.165, 1.54) is 5.57 Å². The molecule has 13 heavy (non-hydrogen) atoms. The van der Waals surface area contributed by atoms with Crippen LogP contribution in [0.5, 0.6) is 0 Å². The molecule has 0 radical (unpaired) electrons. The Hall–Kier alpha value is -0.590. The summed E-state index contributed by atoms with van der Waals surface area (Å²) in [5, 5.41) is 0. The molecule has 0 aromatic heterocycles. The van der Waals surface area contributed by atoms with Crippen LogP contribution in [-0.4, -0.2) is 0 Å². The quantitative estimate of drug-likeness (QED) is 0.599. The van der Waals surface area contributed by atoms with Crippen LogP contribution in [0.15, 0.2) is 23.0 Å². The van der Waals surface area contributed by atoms with Gasteiger partial charge in [-0.15, -0.1) is 0 Å². The first-order chi connectivity index (χ1) is 6.02. The Labute approximate surface area is 80.5 Å². The maximum absolute atomic E-state index is 13.5. The van der Waals surface area contributed by atoms with Crippen molar-refractivity contribution in [3.05, 3.63) is 23.0 Å². The highest BCUT2D eigenvalue weighted by atomic mass is 19.1. The van der Waals surface area contributed by atoms with Crippen LogP contribution < -0.4 is 0 Å². The highest BCUT2D eigenvalue weighted by Crippen LogP contribution is 2.32.